The predicted molar refractivity (Wildman–Crippen MR) is 206 cm³/mol. The van der Waals surface area contributed by atoms with E-state index >= 15 is 0 Å². The van der Waals surface area contributed by atoms with Gasteiger partial charge in [0.2, 0.25) is 5.91 Å². The van der Waals surface area contributed by atoms with Crippen LogP contribution in [-0.2, 0) is 38.1 Å². The van der Waals surface area contributed by atoms with Crippen molar-refractivity contribution in [2.75, 3.05) is 26.2 Å². The second-order valence-corrected chi connectivity index (χ2v) is 16.9. The molecule has 3 aliphatic rings. The molecule has 3 atom stereocenters. The molecular formula is C38H63N5O13. The molecular weight excluding hydrogens is 734 g/mol. The van der Waals surface area contributed by atoms with E-state index in [0.717, 1.165) is 11.1 Å². The minimum absolute atomic E-state index is 0. The van der Waals surface area contributed by atoms with Crippen LogP contribution < -0.4 is 11.9 Å². The number of nitrogens with two attached hydrogens (primary N) is 1. The summed E-state index contributed by atoms with van der Waals surface area (Å²) in [4.78, 5) is 85.1. The lowest BCUT2D eigenvalue weighted by Gasteiger charge is -2.27. The first-order valence-corrected chi connectivity index (χ1v) is 17.8. The zero-order chi connectivity index (χ0) is 42.8. The van der Waals surface area contributed by atoms with Gasteiger partial charge in [-0.05, 0) is 74.7 Å². The van der Waals surface area contributed by atoms with E-state index < -0.39 is 77.2 Å². The lowest BCUT2D eigenvalue weighted by atomic mass is 10.2. The fourth-order valence-corrected chi connectivity index (χ4v) is 5.03. The number of carboxylic acid groups (broad SMARTS) is 1. The highest BCUT2D eigenvalue weighted by molar-refractivity contribution is 5.89. The summed E-state index contributed by atoms with van der Waals surface area (Å²) in [5, 5.41) is 8.96. The SMILES string of the molecule is C=C1C[C@@H](C(=O)O)N(C(=O)OC(C)(C)C)C1.C=C1C[C@@H](C(=O)OC(=O)OCC(C)C)N(C(=O)OC(C)(C)C)C1.C=C1C[C@@H](C(N)=O)N(C(=O)OC(C)(C)C)C1.N. The van der Waals surface area contributed by atoms with E-state index in [1.54, 1.807) is 62.3 Å². The third-order valence-electron chi connectivity index (χ3n) is 7.24. The van der Waals surface area contributed by atoms with Gasteiger partial charge in [-0.1, -0.05) is 50.3 Å². The number of ether oxygens (including phenoxy) is 5. The number of hydrogen-bond acceptors (Lipinski definition) is 13. The van der Waals surface area contributed by atoms with Gasteiger partial charge in [0.05, 0.1) is 6.61 Å². The summed E-state index contributed by atoms with van der Waals surface area (Å²) in [6, 6.07) is -2.39. The van der Waals surface area contributed by atoms with Gasteiger partial charge in [-0.3, -0.25) is 19.5 Å². The zero-order valence-corrected chi connectivity index (χ0v) is 34.9. The van der Waals surface area contributed by atoms with Crippen LogP contribution in [0.2, 0.25) is 0 Å². The molecule has 0 spiro atoms. The molecule has 0 aromatic heterocycles. The van der Waals surface area contributed by atoms with Crippen molar-refractivity contribution in [2.24, 2.45) is 11.7 Å². The van der Waals surface area contributed by atoms with Crippen molar-refractivity contribution in [1.29, 1.82) is 0 Å². The van der Waals surface area contributed by atoms with E-state index in [2.05, 4.69) is 24.5 Å². The molecule has 0 saturated carbocycles. The van der Waals surface area contributed by atoms with Gasteiger partial charge < -0.3 is 40.7 Å². The lowest BCUT2D eigenvalue weighted by molar-refractivity contribution is -0.145. The van der Waals surface area contributed by atoms with Gasteiger partial charge in [-0.15, -0.1) is 0 Å². The molecule has 0 radical (unpaired) electrons. The molecule has 0 unspecified atom stereocenters. The van der Waals surface area contributed by atoms with E-state index in [9.17, 15) is 33.6 Å². The molecule has 3 rings (SSSR count). The number of likely N-dealkylation sites (tertiary alicyclic amines) is 3. The molecule has 4 amide bonds. The first-order chi connectivity index (χ1) is 24.9. The van der Waals surface area contributed by atoms with E-state index in [1.165, 1.54) is 14.7 Å². The maximum absolute atomic E-state index is 12.2. The van der Waals surface area contributed by atoms with E-state index in [-0.39, 0.29) is 38.2 Å². The minimum Gasteiger partial charge on any atom is -0.480 e. The number of carboxylic acids is 1. The molecule has 318 valence electrons. The maximum atomic E-state index is 12.2. The highest BCUT2D eigenvalue weighted by atomic mass is 16.7. The molecule has 0 aromatic rings. The van der Waals surface area contributed by atoms with Crippen molar-refractivity contribution in [3.8, 4) is 0 Å². The highest BCUT2D eigenvalue weighted by Crippen LogP contribution is 2.26. The molecule has 3 fully saturated rings. The van der Waals surface area contributed by atoms with E-state index in [1.807, 2.05) is 13.8 Å². The third kappa shape index (κ3) is 18.0. The number of primary amides is 1. The number of rotatable bonds is 5. The van der Waals surface area contributed by atoms with Crippen LogP contribution in [0.1, 0.15) is 95.4 Å². The van der Waals surface area contributed by atoms with Gasteiger partial charge >= 0.3 is 36.4 Å². The fourth-order valence-electron chi connectivity index (χ4n) is 5.03. The standard InChI is InChI=1S/C16H25NO6.C11H18N2O3.C11H17NO4.H3N/c1-10(2)9-21-15(20)22-13(18)12-7-11(3)8-17(12)14(19)23-16(4,5)6;1-7-5-8(9(12)14)13(6-7)10(15)16-11(2,3)4;1-7-5-8(9(13)14)12(6-7)10(15)16-11(2,3)4;/h10,12H,3,7-9H2,1-2,4-6H3;8H,1,5-6H2,2-4H3,(H2,12,14);8H,1,5-6H2,2-4H3,(H,13,14);1H3/t12-;2*8-;/m000./s1. The summed E-state index contributed by atoms with van der Waals surface area (Å²) >= 11 is 0. The monoisotopic (exact) mass is 797 g/mol. The van der Waals surface area contributed by atoms with Crippen LogP contribution in [0.15, 0.2) is 36.5 Å². The van der Waals surface area contributed by atoms with Gasteiger partial charge in [0.25, 0.3) is 0 Å². The predicted octanol–water partition coefficient (Wildman–Crippen LogP) is 5.72. The fraction of sp³-hybridized carbons (Fsp3) is 0.658. The summed E-state index contributed by atoms with van der Waals surface area (Å²) in [6.07, 6.45) is -1.87. The van der Waals surface area contributed by atoms with Crippen molar-refractivity contribution in [3.63, 3.8) is 0 Å². The molecule has 18 heteroatoms. The quantitative estimate of drug-likeness (QED) is 0.130. The molecule has 6 N–H and O–H groups in total. The molecule has 3 aliphatic heterocycles. The number of amides is 4. The Labute approximate surface area is 329 Å². The summed E-state index contributed by atoms with van der Waals surface area (Å²) < 4.78 is 25.0. The van der Waals surface area contributed by atoms with Crippen LogP contribution in [0, 0.1) is 5.92 Å². The van der Waals surface area contributed by atoms with Crippen molar-refractivity contribution < 1.29 is 62.4 Å². The van der Waals surface area contributed by atoms with Gasteiger partial charge in [0.15, 0.2) is 0 Å². The van der Waals surface area contributed by atoms with Crippen molar-refractivity contribution in [3.05, 3.63) is 36.5 Å². The Morgan fingerprint density at radius 3 is 1.30 bits per heavy atom. The second-order valence-electron chi connectivity index (χ2n) is 16.9. The topological polar surface area (TPSA) is 257 Å². The molecule has 3 heterocycles. The first-order valence-electron chi connectivity index (χ1n) is 17.8. The number of carbonyl (C=O) groups is 7. The summed E-state index contributed by atoms with van der Waals surface area (Å²) in [7, 11) is 0. The first kappa shape index (κ1) is 50.9. The molecule has 0 aliphatic carbocycles. The molecule has 0 aromatic carbocycles. The number of aliphatic carboxylic acids is 1. The molecule has 0 bridgehead atoms. The number of carbonyl (C=O) groups excluding carboxylic acids is 6. The Hall–Kier alpha value is -5.13. The van der Waals surface area contributed by atoms with Gasteiger partial charge in [-0.25, -0.2) is 28.8 Å². The van der Waals surface area contributed by atoms with Crippen LogP contribution in [0.4, 0.5) is 19.2 Å². The molecule has 18 nitrogen and oxygen atoms in total. The summed E-state index contributed by atoms with van der Waals surface area (Å²) in [5.41, 5.74) is 5.57. The van der Waals surface area contributed by atoms with Crippen LogP contribution in [-0.4, -0.2) is 123 Å². The molecule has 3 saturated heterocycles. The van der Waals surface area contributed by atoms with Gasteiger partial charge in [0.1, 0.15) is 34.9 Å². The van der Waals surface area contributed by atoms with Crippen molar-refractivity contribution in [1.82, 2.24) is 20.9 Å². The zero-order valence-electron chi connectivity index (χ0n) is 34.9. The lowest BCUT2D eigenvalue weighted by Crippen LogP contribution is -2.45. The van der Waals surface area contributed by atoms with Gasteiger partial charge in [0, 0.05) is 32.5 Å². The van der Waals surface area contributed by atoms with Crippen LogP contribution >= 0.6 is 0 Å². The number of nitrogens with zero attached hydrogens (tertiary/aromatic N) is 3. The second kappa shape index (κ2) is 20.7. The summed E-state index contributed by atoms with van der Waals surface area (Å²) in [5.74, 6) is -2.26. The third-order valence-corrected chi connectivity index (χ3v) is 7.24. The Morgan fingerprint density at radius 2 is 0.982 bits per heavy atom. The Kier molecular flexibility index (Phi) is 18.8. The smallest absolute Gasteiger partial charge is 0.480 e. The largest absolute Gasteiger partial charge is 0.516 e. The maximum Gasteiger partial charge on any atom is 0.516 e. The Balaban J connectivity index is 0.000000823. The van der Waals surface area contributed by atoms with E-state index in [0.29, 0.717) is 25.0 Å². The number of hydrogen-bond donors (Lipinski definition) is 3. The van der Waals surface area contributed by atoms with Crippen molar-refractivity contribution in [2.45, 2.75) is 130 Å². The van der Waals surface area contributed by atoms with Crippen molar-refractivity contribution >= 4 is 42.3 Å². The minimum atomic E-state index is -1.06. The summed E-state index contributed by atoms with van der Waals surface area (Å²) in [6.45, 7) is 31.6. The van der Waals surface area contributed by atoms with Crippen LogP contribution in [0.5, 0.6) is 0 Å². The average Bonchev–Trinajstić information content (AvgIpc) is 3.70. The molecule has 56 heavy (non-hydrogen) atoms. The Bertz CT molecular complexity index is 1440. The number of esters is 1. The van der Waals surface area contributed by atoms with Crippen LogP contribution in [0.3, 0.4) is 0 Å². The van der Waals surface area contributed by atoms with Crippen LogP contribution in [0.25, 0.3) is 0 Å². The Morgan fingerprint density at radius 1 is 0.661 bits per heavy atom. The normalized spacial score (nSPS) is 19.5. The average molecular weight is 798 g/mol. The highest BCUT2D eigenvalue weighted by Gasteiger charge is 2.41. The van der Waals surface area contributed by atoms with Gasteiger partial charge in [-0.2, -0.15) is 0 Å². The van der Waals surface area contributed by atoms with E-state index in [4.69, 9.17) is 29.8 Å².